The van der Waals surface area contributed by atoms with Crippen LogP contribution < -0.4 is 15.8 Å². The third kappa shape index (κ3) is 5.67. The van der Waals surface area contributed by atoms with Gasteiger partial charge in [-0.15, -0.1) is 10.2 Å². The van der Waals surface area contributed by atoms with Crippen LogP contribution in [0.25, 0.3) is 11.5 Å². The van der Waals surface area contributed by atoms with E-state index in [0.717, 1.165) is 25.7 Å². The molecule has 2 aromatic heterocycles. The molecule has 33 heavy (non-hydrogen) atoms. The van der Waals surface area contributed by atoms with Crippen molar-refractivity contribution < 1.29 is 13.9 Å². The smallest absolute Gasteiger partial charge is 0.270 e. The molecule has 0 atom stereocenters. The van der Waals surface area contributed by atoms with Gasteiger partial charge in [0.05, 0.1) is 13.7 Å². The molecule has 0 unspecified atom stereocenters. The van der Waals surface area contributed by atoms with Crippen molar-refractivity contribution in [1.29, 1.82) is 0 Å². The normalized spacial score (nSPS) is 18.2. The lowest BCUT2D eigenvalue weighted by Gasteiger charge is -2.25. The largest absolute Gasteiger partial charge is 0.494 e. The molecule has 3 N–H and O–H groups in total. The van der Waals surface area contributed by atoms with Crippen molar-refractivity contribution in [3.05, 3.63) is 47.2 Å². The number of carbonyl (C=O) groups is 1. The van der Waals surface area contributed by atoms with Gasteiger partial charge >= 0.3 is 0 Å². The number of nitrogens with two attached hydrogens (primary N) is 1. The van der Waals surface area contributed by atoms with E-state index >= 15 is 0 Å². The highest BCUT2D eigenvalue weighted by molar-refractivity contribution is 5.93. The highest BCUT2D eigenvalue weighted by Crippen LogP contribution is 2.24. The predicted molar refractivity (Wildman–Crippen MR) is 118 cm³/mol. The number of amides is 1. The Morgan fingerprint density at radius 1 is 1.24 bits per heavy atom. The first-order chi connectivity index (χ1) is 15.9. The first kappa shape index (κ1) is 22.7. The van der Waals surface area contributed by atoms with Crippen molar-refractivity contribution >= 4 is 5.91 Å². The number of aromatic nitrogens is 6. The van der Waals surface area contributed by atoms with E-state index in [1.54, 1.807) is 17.8 Å². The molecule has 0 radical (unpaired) electrons. The quantitative estimate of drug-likeness (QED) is 0.554. The summed E-state index contributed by atoms with van der Waals surface area (Å²) in [4.78, 5) is 22.9. The number of ether oxygens (including phenoxy) is 1. The third-order valence-corrected chi connectivity index (χ3v) is 5.73. The van der Waals surface area contributed by atoms with Crippen molar-refractivity contribution in [2.24, 2.45) is 11.7 Å². The van der Waals surface area contributed by atoms with Crippen LogP contribution in [0.3, 0.4) is 0 Å². The van der Waals surface area contributed by atoms with Crippen molar-refractivity contribution in [1.82, 2.24) is 35.5 Å². The Morgan fingerprint density at radius 2 is 2.03 bits per heavy atom. The van der Waals surface area contributed by atoms with E-state index in [2.05, 4.69) is 30.7 Å². The number of hydrogen-bond acceptors (Lipinski definition) is 8. The van der Waals surface area contributed by atoms with E-state index in [1.807, 2.05) is 0 Å². The molecule has 0 spiro atoms. The van der Waals surface area contributed by atoms with Gasteiger partial charge in [-0.2, -0.15) is 4.80 Å². The highest BCUT2D eigenvalue weighted by atomic mass is 19.1. The van der Waals surface area contributed by atoms with Crippen LogP contribution in [-0.4, -0.2) is 49.2 Å². The molecule has 1 saturated carbocycles. The molecule has 0 aliphatic heterocycles. The molecule has 0 bridgehead atoms. The Bertz CT molecular complexity index is 1130. The highest BCUT2D eigenvalue weighted by Gasteiger charge is 2.21. The number of benzene rings is 1. The van der Waals surface area contributed by atoms with Gasteiger partial charge in [0, 0.05) is 12.6 Å². The summed E-state index contributed by atoms with van der Waals surface area (Å²) < 4.78 is 18.6. The Labute approximate surface area is 190 Å². The SMILES string of the molecule is COc1cc(CNC(=O)c2cc(-c3nnn(C[C@H]4CC[C@H](N)CC4)n3)nc(C)n2)ccc1F. The summed E-state index contributed by atoms with van der Waals surface area (Å²) in [6.45, 7) is 2.56. The number of nitrogens with zero attached hydrogens (tertiary/aromatic N) is 6. The van der Waals surface area contributed by atoms with Gasteiger partial charge in [0.2, 0.25) is 5.82 Å². The van der Waals surface area contributed by atoms with Crippen LogP contribution in [-0.2, 0) is 13.1 Å². The summed E-state index contributed by atoms with van der Waals surface area (Å²) in [5, 5.41) is 15.5. The van der Waals surface area contributed by atoms with E-state index in [4.69, 9.17) is 10.5 Å². The Kier molecular flexibility index (Phi) is 6.87. The number of hydrogen-bond donors (Lipinski definition) is 2. The maximum absolute atomic E-state index is 13.6. The van der Waals surface area contributed by atoms with E-state index in [-0.39, 0.29) is 18.0 Å². The van der Waals surface area contributed by atoms with Crippen LogP contribution in [0.2, 0.25) is 0 Å². The molecule has 3 aromatic rings. The van der Waals surface area contributed by atoms with Crippen molar-refractivity contribution in [2.45, 2.75) is 51.7 Å². The molecular formula is C22H27FN8O2. The van der Waals surface area contributed by atoms with E-state index in [9.17, 15) is 9.18 Å². The van der Waals surface area contributed by atoms with Gasteiger partial charge in [0.15, 0.2) is 11.6 Å². The lowest BCUT2D eigenvalue weighted by atomic mass is 9.86. The summed E-state index contributed by atoms with van der Waals surface area (Å²) in [7, 11) is 1.39. The number of tetrazole rings is 1. The molecule has 11 heteroatoms. The zero-order valence-corrected chi connectivity index (χ0v) is 18.7. The minimum absolute atomic E-state index is 0.118. The van der Waals surface area contributed by atoms with Crippen molar-refractivity contribution in [2.75, 3.05) is 7.11 Å². The number of methoxy groups -OCH3 is 1. The monoisotopic (exact) mass is 454 g/mol. The van der Waals surface area contributed by atoms with Gasteiger partial charge in [-0.3, -0.25) is 4.79 Å². The lowest BCUT2D eigenvalue weighted by Crippen LogP contribution is -2.28. The molecule has 1 aromatic carbocycles. The molecule has 1 fully saturated rings. The van der Waals surface area contributed by atoms with Gasteiger partial charge in [-0.05, 0) is 67.5 Å². The summed E-state index contributed by atoms with van der Waals surface area (Å²) in [5.41, 5.74) is 7.28. The van der Waals surface area contributed by atoms with E-state index in [0.29, 0.717) is 41.4 Å². The lowest BCUT2D eigenvalue weighted by molar-refractivity contribution is 0.0945. The fraction of sp³-hybridized carbons (Fsp3) is 0.455. The van der Waals surface area contributed by atoms with Gasteiger partial charge in [-0.1, -0.05) is 6.07 Å². The second-order valence-corrected chi connectivity index (χ2v) is 8.29. The zero-order chi connectivity index (χ0) is 23.4. The topological polar surface area (TPSA) is 134 Å². The minimum atomic E-state index is -0.462. The fourth-order valence-electron chi connectivity index (χ4n) is 3.91. The first-order valence-corrected chi connectivity index (χ1v) is 10.9. The van der Waals surface area contributed by atoms with Gasteiger partial charge in [-0.25, -0.2) is 14.4 Å². The van der Waals surface area contributed by atoms with Crippen LogP contribution in [0, 0.1) is 18.7 Å². The zero-order valence-electron chi connectivity index (χ0n) is 18.7. The molecule has 0 saturated heterocycles. The number of aryl methyl sites for hydroxylation is 1. The Hall–Kier alpha value is -3.47. The second kappa shape index (κ2) is 9.99. The Balaban J connectivity index is 1.43. The molecule has 2 heterocycles. The van der Waals surface area contributed by atoms with Crippen molar-refractivity contribution in [3.63, 3.8) is 0 Å². The average Bonchev–Trinajstić information content (AvgIpc) is 3.28. The molecule has 4 rings (SSSR count). The summed E-state index contributed by atoms with van der Waals surface area (Å²) in [6.07, 6.45) is 4.13. The van der Waals surface area contributed by atoms with Crippen molar-refractivity contribution in [3.8, 4) is 17.3 Å². The van der Waals surface area contributed by atoms with E-state index < -0.39 is 11.7 Å². The molecular weight excluding hydrogens is 427 g/mol. The molecule has 1 amide bonds. The van der Waals surface area contributed by atoms with E-state index in [1.165, 1.54) is 25.3 Å². The maximum Gasteiger partial charge on any atom is 0.270 e. The third-order valence-electron chi connectivity index (χ3n) is 5.73. The van der Waals surface area contributed by atoms with Gasteiger partial charge in [0.1, 0.15) is 17.2 Å². The first-order valence-electron chi connectivity index (χ1n) is 10.9. The van der Waals surface area contributed by atoms with Crippen LogP contribution in [0.4, 0.5) is 4.39 Å². The van der Waals surface area contributed by atoms with Gasteiger partial charge in [0.25, 0.3) is 5.91 Å². The fourth-order valence-corrected chi connectivity index (χ4v) is 3.91. The van der Waals surface area contributed by atoms with Gasteiger partial charge < -0.3 is 15.8 Å². The van der Waals surface area contributed by atoms with Crippen LogP contribution >= 0.6 is 0 Å². The number of carbonyl (C=O) groups excluding carboxylic acids is 1. The Morgan fingerprint density at radius 3 is 2.79 bits per heavy atom. The molecule has 174 valence electrons. The number of rotatable bonds is 7. The maximum atomic E-state index is 13.6. The molecule has 10 nitrogen and oxygen atoms in total. The summed E-state index contributed by atoms with van der Waals surface area (Å²) in [6, 6.07) is 6.24. The summed E-state index contributed by atoms with van der Waals surface area (Å²) in [5.74, 6) is 0.494. The molecule has 1 aliphatic rings. The average molecular weight is 455 g/mol. The van der Waals surface area contributed by atoms with Crippen LogP contribution in [0.15, 0.2) is 24.3 Å². The minimum Gasteiger partial charge on any atom is -0.494 e. The van der Waals surface area contributed by atoms with Crippen LogP contribution in [0.1, 0.15) is 47.6 Å². The second-order valence-electron chi connectivity index (χ2n) is 8.29. The van der Waals surface area contributed by atoms with Crippen LogP contribution in [0.5, 0.6) is 5.75 Å². The number of nitrogens with one attached hydrogen (secondary N) is 1. The molecule has 1 aliphatic carbocycles. The standard InChI is InChI=1S/C22H27FN8O2/c1-13-26-18(21-28-30-31(29-21)12-14-3-6-16(24)7-4-14)10-19(27-13)22(32)25-11-15-5-8-17(23)20(9-15)33-2/h5,8-10,14,16H,3-4,6-7,11-12,24H2,1-2H3,(H,25,32)/t14-,16-. The number of halogens is 1. The predicted octanol–water partition coefficient (Wildman–Crippen LogP) is 2.03. The summed E-state index contributed by atoms with van der Waals surface area (Å²) >= 11 is 0.